The molecule has 0 spiro atoms. The van der Waals surface area contributed by atoms with Crippen LogP contribution in [0.15, 0.2) is 53.7 Å². The SMILES string of the molecule is CN=C(NCCc1ccccn1)NCC(C)N1CCc2ccccc21. The van der Waals surface area contributed by atoms with E-state index in [9.17, 15) is 0 Å². The lowest BCUT2D eigenvalue weighted by Crippen LogP contribution is -2.46. The Morgan fingerprint density at radius 1 is 1.20 bits per heavy atom. The summed E-state index contributed by atoms with van der Waals surface area (Å²) in [6.45, 7) is 5.03. The Bertz CT molecular complexity index is 698. The lowest BCUT2D eigenvalue weighted by molar-refractivity contribution is 0.625. The Morgan fingerprint density at radius 3 is 2.84 bits per heavy atom. The number of aromatic nitrogens is 1. The summed E-state index contributed by atoms with van der Waals surface area (Å²) < 4.78 is 0. The quantitative estimate of drug-likeness (QED) is 0.627. The second-order valence-corrected chi connectivity index (χ2v) is 6.37. The lowest BCUT2D eigenvalue weighted by Gasteiger charge is -2.28. The number of hydrogen-bond donors (Lipinski definition) is 2. The van der Waals surface area contributed by atoms with E-state index >= 15 is 0 Å². The van der Waals surface area contributed by atoms with Gasteiger partial charge < -0.3 is 15.5 Å². The highest BCUT2D eigenvalue weighted by atomic mass is 15.2. The van der Waals surface area contributed by atoms with Gasteiger partial charge in [-0.2, -0.15) is 0 Å². The van der Waals surface area contributed by atoms with Crippen molar-refractivity contribution in [3.05, 3.63) is 59.9 Å². The fraction of sp³-hybridized carbons (Fsp3) is 0.400. The second-order valence-electron chi connectivity index (χ2n) is 6.37. The van der Waals surface area contributed by atoms with Crippen LogP contribution in [0.4, 0.5) is 5.69 Å². The van der Waals surface area contributed by atoms with Crippen molar-refractivity contribution in [2.45, 2.75) is 25.8 Å². The van der Waals surface area contributed by atoms with Crippen LogP contribution in [-0.4, -0.2) is 43.7 Å². The molecular weight excluding hydrogens is 310 g/mol. The van der Waals surface area contributed by atoms with Gasteiger partial charge in [0.15, 0.2) is 5.96 Å². The molecule has 5 nitrogen and oxygen atoms in total. The molecule has 1 aromatic heterocycles. The van der Waals surface area contributed by atoms with E-state index in [-0.39, 0.29) is 0 Å². The first-order valence-corrected chi connectivity index (χ1v) is 8.97. The van der Waals surface area contributed by atoms with Crippen LogP contribution in [0, 0.1) is 0 Å². The van der Waals surface area contributed by atoms with Crippen LogP contribution < -0.4 is 15.5 Å². The van der Waals surface area contributed by atoms with E-state index in [1.165, 1.54) is 11.3 Å². The highest BCUT2D eigenvalue weighted by Crippen LogP contribution is 2.28. The van der Waals surface area contributed by atoms with Gasteiger partial charge in [-0.05, 0) is 37.1 Å². The Morgan fingerprint density at radius 2 is 2.04 bits per heavy atom. The highest BCUT2D eigenvalue weighted by molar-refractivity contribution is 5.79. The molecule has 0 saturated heterocycles. The van der Waals surface area contributed by atoms with Gasteiger partial charge in [0.25, 0.3) is 0 Å². The van der Waals surface area contributed by atoms with E-state index in [1.807, 2.05) is 31.4 Å². The minimum atomic E-state index is 0.415. The zero-order valence-electron chi connectivity index (χ0n) is 15.1. The lowest BCUT2D eigenvalue weighted by atomic mass is 10.2. The Balaban J connectivity index is 1.45. The molecule has 0 radical (unpaired) electrons. The van der Waals surface area contributed by atoms with Crippen molar-refractivity contribution in [2.24, 2.45) is 4.99 Å². The van der Waals surface area contributed by atoms with E-state index in [0.717, 1.165) is 44.1 Å². The molecule has 1 atom stereocenters. The number of benzene rings is 1. The van der Waals surface area contributed by atoms with Crippen molar-refractivity contribution in [3.8, 4) is 0 Å². The van der Waals surface area contributed by atoms with E-state index < -0.39 is 0 Å². The summed E-state index contributed by atoms with van der Waals surface area (Å²) in [6.07, 6.45) is 3.85. The fourth-order valence-electron chi connectivity index (χ4n) is 3.25. The summed E-state index contributed by atoms with van der Waals surface area (Å²) in [5.74, 6) is 0.843. The molecule has 1 aliphatic rings. The minimum Gasteiger partial charge on any atom is -0.366 e. The molecule has 0 bridgehead atoms. The number of anilines is 1. The molecule has 0 saturated carbocycles. The predicted octanol–water partition coefficient (Wildman–Crippen LogP) is 2.24. The average molecular weight is 337 g/mol. The van der Waals surface area contributed by atoms with Gasteiger partial charge in [0.2, 0.25) is 0 Å². The predicted molar refractivity (Wildman–Crippen MR) is 104 cm³/mol. The van der Waals surface area contributed by atoms with E-state index in [1.54, 1.807) is 0 Å². The number of para-hydroxylation sites is 1. The third-order valence-corrected chi connectivity index (χ3v) is 4.64. The topological polar surface area (TPSA) is 52.6 Å². The first kappa shape index (κ1) is 17.3. The number of guanidine groups is 1. The van der Waals surface area contributed by atoms with Gasteiger partial charge in [-0.1, -0.05) is 24.3 Å². The molecule has 0 aliphatic carbocycles. The molecule has 2 aromatic rings. The number of nitrogens with zero attached hydrogens (tertiary/aromatic N) is 3. The number of aliphatic imine (C=N–C) groups is 1. The Kier molecular flexibility index (Phi) is 5.88. The van der Waals surface area contributed by atoms with Crippen molar-refractivity contribution in [3.63, 3.8) is 0 Å². The summed E-state index contributed by atoms with van der Waals surface area (Å²) in [7, 11) is 1.81. The van der Waals surface area contributed by atoms with Gasteiger partial charge in [-0.15, -0.1) is 0 Å². The molecule has 1 aliphatic heterocycles. The molecule has 2 N–H and O–H groups in total. The number of rotatable bonds is 6. The number of nitrogens with one attached hydrogen (secondary N) is 2. The summed E-state index contributed by atoms with van der Waals surface area (Å²) in [4.78, 5) is 11.1. The molecule has 1 unspecified atom stereocenters. The maximum Gasteiger partial charge on any atom is 0.191 e. The van der Waals surface area contributed by atoms with Gasteiger partial charge >= 0.3 is 0 Å². The third-order valence-electron chi connectivity index (χ3n) is 4.64. The first-order valence-electron chi connectivity index (χ1n) is 8.97. The van der Waals surface area contributed by atoms with E-state index in [0.29, 0.717) is 6.04 Å². The summed E-state index contributed by atoms with van der Waals surface area (Å²) in [5, 5.41) is 6.80. The molecule has 0 fully saturated rings. The van der Waals surface area contributed by atoms with Crippen molar-refractivity contribution >= 4 is 11.6 Å². The Hall–Kier alpha value is -2.56. The Labute approximate surface area is 150 Å². The molecule has 1 aromatic carbocycles. The number of pyridine rings is 1. The summed E-state index contributed by atoms with van der Waals surface area (Å²) in [5.41, 5.74) is 3.91. The van der Waals surface area contributed by atoms with Crippen LogP contribution in [0.1, 0.15) is 18.2 Å². The molecule has 25 heavy (non-hydrogen) atoms. The van der Waals surface area contributed by atoms with Gasteiger partial charge in [0.05, 0.1) is 0 Å². The van der Waals surface area contributed by atoms with E-state index in [2.05, 4.69) is 56.7 Å². The smallest absolute Gasteiger partial charge is 0.191 e. The van der Waals surface area contributed by atoms with Crippen LogP contribution >= 0.6 is 0 Å². The zero-order valence-corrected chi connectivity index (χ0v) is 15.1. The van der Waals surface area contributed by atoms with Crippen molar-refractivity contribution in [1.29, 1.82) is 0 Å². The standard InChI is InChI=1S/C20H27N5/c1-16(25-14-11-17-7-3-4-9-19(17)25)15-24-20(21-2)23-13-10-18-8-5-6-12-22-18/h3-9,12,16H,10-11,13-15H2,1-2H3,(H2,21,23,24). The van der Waals surface area contributed by atoms with Crippen LogP contribution in [0.25, 0.3) is 0 Å². The van der Waals surface area contributed by atoms with Crippen LogP contribution in [0.5, 0.6) is 0 Å². The highest BCUT2D eigenvalue weighted by Gasteiger charge is 2.22. The van der Waals surface area contributed by atoms with Crippen LogP contribution in [0.3, 0.4) is 0 Å². The summed E-state index contributed by atoms with van der Waals surface area (Å²) in [6, 6.07) is 15.1. The van der Waals surface area contributed by atoms with E-state index in [4.69, 9.17) is 0 Å². The maximum atomic E-state index is 4.34. The third kappa shape index (κ3) is 4.50. The van der Waals surface area contributed by atoms with Gasteiger partial charge in [0, 0.05) is 56.7 Å². The molecule has 3 rings (SSSR count). The number of hydrogen-bond acceptors (Lipinski definition) is 3. The van der Waals surface area contributed by atoms with Crippen molar-refractivity contribution in [1.82, 2.24) is 15.6 Å². The zero-order chi connectivity index (χ0) is 17.5. The van der Waals surface area contributed by atoms with Crippen LogP contribution in [-0.2, 0) is 12.8 Å². The van der Waals surface area contributed by atoms with Crippen LogP contribution in [0.2, 0.25) is 0 Å². The fourth-order valence-corrected chi connectivity index (χ4v) is 3.25. The van der Waals surface area contributed by atoms with Gasteiger partial charge in [-0.25, -0.2) is 0 Å². The maximum absolute atomic E-state index is 4.34. The second kappa shape index (κ2) is 8.51. The normalized spacial score (nSPS) is 15.0. The monoisotopic (exact) mass is 337 g/mol. The molecule has 132 valence electrons. The molecule has 2 heterocycles. The van der Waals surface area contributed by atoms with Crippen molar-refractivity contribution in [2.75, 3.05) is 31.6 Å². The van der Waals surface area contributed by atoms with Gasteiger partial charge in [0.1, 0.15) is 0 Å². The van der Waals surface area contributed by atoms with Gasteiger partial charge in [-0.3, -0.25) is 9.98 Å². The average Bonchev–Trinajstić information content (AvgIpc) is 3.09. The van der Waals surface area contributed by atoms with Crippen molar-refractivity contribution < 1.29 is 0 Å². The summed E-state index contributed by atoms with van der Waals surface area (Å²) >= 11 is 0. The number of fused-ring (bicyclic) bond motifs is 1. The molecular formula is C20H27N5. The molecule has 0 amide bonds. The minimum absolute atomic E-state index is 0.415. The first-order chi connectivity index (χ1) is 12.3. The largest absolute Gasteiger partial charge is 0.366 e. The molecule has 5 heteroatoms.